The Kier molecular flexibility index (Phi) is 5.68. The number of nitrogens with zero attached hydrogens (tertiary/aromatic N) is 3. The smallest absolute Gasteiger partial charge is 0.278 e. The zero-order valence-corrected chi connectivity index (χ0v) is 16.9. The van der Waals surface area contributed by atoms with E-state index < -0.39 is 10.8 Å². The number of hydrogen-bond acceptors (Lipinski definition) is 7. The van der Waals surface area contributed by atoms with Crippen LogP contribution >= 0.6 is 0 Å². The van der Waals surface area contributed by atoms with E-state index in [0.29, 0.717) is 43.3 Å². The Balaban J connectivity index is 1.70. The molecule has 160 valence electrons. The lowest BCUT2D eigenvalue weighted by Gasteiger charge is -2.29. The van der Waals surface area contributed by atoms with Gasteiger partial charge in [-0.25, -0.2) is 0 Å². The van der Waals surface area contributed by atoms with E-state index in [1.54, 1.807) is 31.4 Å². The Morgan fingerprint density at radius 1 is 1.00 bits per heavy atom. The average molecular weight is 423 g/mol. The molecule has 0 unspecified atom stereocenters. The first-order valence-electron chi connectivity index (χ1n) is 9.80. The number of nitro groups is 1. The second-order valence-electron chi connectivity index (χ2n) is 7.17. The number of benzene rings is 2. The summed E-state index contributed by atoms with van der Waals surface area (Å²) in [7, 11) is 1.57. The summed E-state index contributed by atoms with van der Waals surface area (Å²) in [5.41, 5.74) is 1.76. The van der Waals surface area contributed by atoms with Gasteiger partial charge in [0, 0.05) is 25.2 Å². The van der Waals surface area contributed by atoms with Crippen molar-refractivity contribution in [3.05, 3.63) is 75.5 Å². The molecule has 0 aromatic heterocycles. The van der Waals surface area contributed by atoms with Crippen molar-refractivity contribution in [1.29, 1.82) is 0 Å². The quantitative estimate of drug-likeness (QED) is 0.399. The largest absolute Gasteiger partial charge is 0.497 e. The number of carbonyl (C=O) groups is 2. The number of carbonyl (C=O) groups excluding carboxylic acids is 2. The van der Waals surface area contributed by atoms with Crippen LogP contribution in [0.2, 0.25) is 0 Å². The van der Waals surface area contributed by atoms with Crippen LogP contribution < -0.4 is 4.74 Å². The zero-order chi connectivity index (χ0) is 22.0. The molecule has 4 rings (SSSR count). The number of nitro benzene ring substituents is 1. The van der Waals surface area contributed by atoms with Crippen LogP contribution in [0.1, 0.15) is 11.1 Å². The molecule has 1 fully saturated rings. The lowest BCUT2D eigenvalue weighted by molar-refractivity contribution is -0.384. The first-order valence-corrected chi connectivity index (χ1v) is 9.80. The van der Waals surface area contributed by atoms with Gasteiger partial charge in [0.15, 0.2) is 0 Å². The van der Waals surface area contributed by atoms with Crippen LogP contribution in [0.4, 0.5) is 5.69 Å². The van der Waals surface area contributed by atoms with Gasteiger partial charge in [-0.2, -0.15) is 0 Å². The molecule has 31 heavy (non-hydrogen) atoms. The summed E-state index contributed by atoms with van der Waals surface area (Å²) < 4.78 is 10.5. The number of methoxy groups -OCH3 is 1. The lowest BCUT2D eigenvalue weighted by atomic mass is 10.0. The van der Waals surface area contributed by atoms with E-state index in [1.165, 1.54) is 29.2 Å². The predicted octanol–water partition coefficient (Wildman–Crippen LogP) is 2.22. The molecule has 2 aromatic carbocycles. The Morgan fingerprint density at radius 3 is 2.23 bits per heavy atom. The number of amides is 2. The highest BCUT2D eigenvalue weighted by atomic mass is 16.6. The van der Waals surface area contributed by atoms with Gasteiger partial charge in [0.1, 0.15) is 11.4 Å². The third-order valence-electron chi connectivity index (χ3n) is 5.34. The third kappa shape index (κ3) is 3.99. The van der Waals surface area contributed by atoms with Crippen molar-refractivity contribution in [3.63, 3.8) is 0 Å². The predicted molar refractivity (Wildman–Crippen MR) is 111 cm³/mol. The molecule has 2 aliphatic rings. The molecule has 9 nitrogen and oxygen atoms in total. The molecule has 0 radical (unpaired) electrons. The highest BCUT2D eigenvalue weighted by Gasteiger charge is 2.41. The van der Waals surface area contributed by atoms with Crippen molar-refractivity contribution in [1.82, 2.24) is 9.80 Å². The van der Waals surface area contributed by atoms with Crippen LogP contribution in [-0.4, -0.2) is 60.0 Å². The molecule has 0 N–H and O–H groups in total. The minimum absolute atomic E-state index is 0.0795. The maximum Gasteiger partial charge on any atom is 0.278 e. The minimum Gasteiger partial charge on any atom is -0.497 e. The maximum absolute atomic E-state index is 13.3. The van der Waals surface area contributed by atoms with Crippen molar-refractivity contribution in [2.24, 2.45) is 0 Å². The number of hydrogen-bond donors (Lipinski definition) is 0. The molecular formula is C22H21N3O6. The number of rotatable bonds is 6. The summed E-state index contributed by atoms with van der Waals surface area (Å²) in [5.74, 6) is -0.117. The summed E-state index contributed by atoms with van der Waals surface area (Å²) in [6.07, 6.45) is 0. The third-order valence-corrected chi connectivity index (χ3v) is 5.34. The number of imide groups is 1. The van der Waals surface area contributed by atoms with Gasteiger partial charge in [-0.1, -0.05) is 12.1 Å². The molecule has 1 saturated heterocycles. The van der Waals surface area contributed by atoms with E-state index in [-0.39, 0.29) is 23.7 Å². The Morgan fingerprint density at radius 2 is 1.65 bits per heavy atom. The molecule has 9 heteroatoms. The van der Waals surface area contributed by atoms with Gasteiger partial charge < -0.3 is 14.4 Å². The number of non-ortho nitro benzene ring substituents is 1. The van der Waals surface area contributed by atoms with Crippen LogP contribution in [0.3, 0.4) is 0 Å². The average Bonchev–Trinajstić information content (AvgIpc) is 3.05. The van der Waals surface area contributed by atoms with E-state index in [2.05, 4.69) is 0 Å². The van der Waals surface area contributed by atoms with Crippen molar-refractivity contribution in [3.8, 4) is 5.75 Å². The van der Waals surface area contributed by atoms with E-state index in [0.717, 1.165) is 5.56 Å². The molecule has 2 heterocycles. The monoisotopic (exact) mass is 423 g/mol. The number of morpholine rings is 1. The lowest BCUT2D eigenvalue weighted by Crippen LogP contribution is -2.40. The van der Waals surface area contributed by atoms with Crippen molar-refractivity contribution >= 4 is 23.1 Å². The van der Waals surface area contributed by atoms with Crippen molar-refractivity contribution in [2.45, 2.75) is 6.54 Å². The summed E-state index contributed by atoms with van der Waals surface area (Å²) in [4.78, 5) is 40.2. The molecule has 0 spiro atoms. The fourth-order valence-corrected chi connectivity index (χ4v) is 3.71. The van der Waals surface area contributed by atoms with E-state index >= 15 is 0 Å². The van der Waals surface area contributed by atoms with Gasteiger partial charge in [-0.3, -0.25) is 24.6 Å². The molecular weight excluding hydrogens is 402 g/mol. The van der Waals surface area contributed by atoms with Crippen LogP contribution in [0.5, 0.6) is 5.75 Å². The highest BCUT2D eigenvalue weighted by Crippen LogP contribution is 2.33. The Bertz CT molecular complexity index is 1040. The van der Waals surface area contributed by atoms with Crippen LogP contribution in [0, 0.1) is 10.1 Å². The second-order valence-corrected chi connectivity index (χ2v) is 7.17. The Labute approximate surface area is 178 Å². The van der Waals surface area contributed by atoms with Gasteiger partial charge in [-0.15, -0.1) is 0 Å². The minimum atomic E-state index is -0.501. The van der Waals surface area contributed by atoms with Crippen molar-refractivity contribution in [2.75, 3.05) is 33.4 Å². The van der Waals surface area contributed by atoms with E-state index in [4.69, 9.17) is 9.47 Å². The summed E-state index contributed by atoms with van der Waals surface area (Å²) in [5, 5.41) is 11.0. The highest BCUT2D eigenvalue weighted by molar-refractivity contribution is 6.35. The van der Waals surface area contributed by atoms with Gasteiger partial charge in [0.25, 0.3) is 17.5 Å². The van der Waals surface area contributed by atoms with Crippen LogP contribution in [-0.2, 0) is 20.9 Å². The number of ether oxygens (including phenoxy) is 2. The van der Waals surface area contributed by atoms with Crippen molar-refractivity contribution < 1.29 is 24.0 Å². The summed E-state index contributed by atoms with van der Waals surface area (Å²) in [6, 6.07) is 12.8. The van der Waals surface area contributed by atoms with Gasteiger partial charge in [0.05, 0.1) is 37.4 Å². The van der Waals surface area contributed by atoms with E-state index in [9.17, 15) is 19.7 Å². The molecule has 0 aliphatic carbocycles. The molecule has 2 aromatic rings. The molecule has 0 bridgehead atoms. The SMILES string of the molecule is COc1ccc(CN2C(=O)C(c3ccc([N+](=O)[O-])cc3)=C(N3CCOCC3)C2=O)cc1. The Hall–Kier alpha value is -3.72. The topological polar surface area (TPSA) is 102 Å². The van der Waals surface area contributed by atoms with Gasteiger partial charge in [0.2, 0.25) is 0 Å². The molecule has 0 atom stereocenters. The van der Waals surface area contributed by atoms with Crippen LogP contribution in [0.15, 0.2) is 54.2 Å². The second kappa shape index (κ2) is 8.57. The normalized spacial score (nSPS) is 16.8. The van der Waals surface area contributed by atoms with Crippen LogP contribution in [0.25, 0.3) is 5.57 Å². The summed E-state index contributed by atoms with van der Waals surface area (Å²) in [6.45, 7) is 2.00. The van der Waals surface area contributed by atoms with Gasteiger partial charge >= 0.3 is 0 Å². The summed E-state index contributed by atoms with van der Waals surface area (Å²) >= 11 is 0. The fraction of sp³-hybridized carbons (Fsp3) is 0.273. The first-order chi connectivity index (χ1) is 15.0. The maximum atomic E-state index is 13.3. The van der Waals surface area contributed by atoms with E-state index in [1.807, 2.05) is 4.90 Å². The zero-order valence-electron chi connectivity index (χ0n) is 16.9. The van der Waals surface area contributed by atoms with Gasteiger partial charge in [-0.05, 0) is 35.4 Å². The molecule has 2 aliphatic heterocycles. The standard InChI is InChI=1S/C22H21N3O6/c1-30-18-8-2-15(3-9-18)14-24-21(26)19(16-4-6-17(7-5-16)25(28)29)20(22(24)27)23-10-12-31-13-11-23/h2-9H,10-14H2,1H3. The molecule has 2 amide bonds. The first kappa shape index (κ1) is 20.5. The fourth-order valence-electron chi connectivity index (χ4n) is 3.71. The molecule has 0 saturated carbocycles.